The number of hydrogen-bond acceptors (Lipinski definition) is 2. The molecule has 0 bridgehead atoms. The van der Waals surface area contributed by atoms with Crippen LogP contribution in [0.25, 0.3) is 121 Å². The zero-order valence-electron chi connectivity index (χ0n) is 35.5. The van der Waals surface area contributed by atoms with Crippen molar-refractivity contribution >= 4 is 87.2 Å². The molecule has 9 aromatic carbocycles. The SMILES string of the molecule is N#Cc1ccc(-n2c3ccccc3c3cc4c5ccccc5n(-c5ccccc5)c4cc32)c(-c2ccncc2-n2c3ccccc3c3cc4c5ccccc5n(-c5ccccc5)c4cc32)c1. The third-order valence-electron chi connectivity index (χ3n) is 13.7. The molecule has 0 saturated heterocycles. The smallest absolute Gasteiger partial charge is 0.0991 e. The number of aromatic nitrogens is 5. The van der Waals surface area contributed by atoms with E-state index in [9.17, 15) is 5.26 Å². The lowest BCUT2D eigenvalue weighted by molar-refractivity contribution is 1.13. The largest absolute Gasteiger partial charge is 0.309 e. The summed E-state index contributed by atoms with van der Waals surface area (Å²) in [5.74, 6) is 0. The normalized spacial score (nSPS) is 11.9. The Labute approximate surface area is 378 Å². The van der Waals surface area contributed by atoms with Crippen LogP contribution in [0.2, 0.25) is 0 Å². The van der Waals surface area contributed by atoms with E-state index < -0.39 is 0 Å². The summed E-state index contributed by atoms with van der Waals surface area (Å²) in [6, 6.07) is 76.1. The standard InChI is InChI=1S/C60H36N6/c61-36-38-27-28-55(65-53-25-13-9-21-43(53)49-32-47-41-19-7-11-23-51(41)63(56(47)34-58(49)65)39-15-3-1-4-16-39)46(31-38)45-29-30-62-37-60(45)66-54-26-14-10-22-44(54)50-33-48-42-20-8-12-24-52(42)64(57(48)35-59(50)66)40-17-5-2-6-18-40/h1-35,37H. The summed E-state index contributed by atoms with van der Waals surface area (Å²) in [7, 11) is 0. The van der Waals surface area contributed by atoms with Gasteiger partial charge in [-0.3, -0.25) is 4.98 Å². The molecule has 14 aromatic rings. The van der Waals surface area contributed by atoms with Crippen molar-refractivity contribution in [1.82, 2.24) is 23.3 Å². The quantitative estimate of drug-likeness (QED) is 0.173. The molecule has 0 radical (unpaired) electrons. The van der Waals surface area contributed by atoms with Gasteiger partial charge in [-0.05, 0) is 97.1 Å². The molecule has 5 heterocycles. The first kappa shape index (κ1) is 36.3. The molecule has 0 N–H and O–H groups in total. The molecule has 0 aliphatic rings. The van der Waals surface area contributed by atoms with Crippen LogP contribution in [0.15, 0.2) is 219 Å². The van der Waals surface area contributed by atoms with Crippen LogP contribution in [0.4, 0.5) is 0 Å². The van der Waals surface area contributed by atoms with Gasteiger partial charge in [-0.1, -0.05) is 109 Å². The molecule has 6 nitrogen and oxygen atoms in total. The summed E-state index contributed by atoms with van der Waals surface area (Å²) in [6.45, 7) is 0. The number of para-hydroxylation sites is 6. The second-order valence-electron chi connectivity index (χ2n) is 17.1. The van der Waals surface area contributed by atoms with E-state index in [2.05, 4.69) is 218 Å². The van der Waals surface area contributed by atoms with Crippen molar-refractivity contribution < 1.29 is 0 Å². The molecule has 0 atom stereocenters. The van der Waals surface area contributed by atoms with Gasteiger partial charge >= 0.3 is 0 Å². The molecule has 0 unspecified atom stereocenters. The number of rotatable bonds is 5. The highest BCUT2D eigenvalue weighted by molar-refractivity contribution is 6.21. The first-order valence-electron chi connectivity index (χ1n) is 22.3. The van der Waals surface area contributed by atoms with E-state index in [1.54, 1.807) is 0 Å². The van der Waals surface area contributed by atoms with Crippen molar-refractivity contribution in [1.29, 1.82) is 5.26 Å². The highest BCUT2D eigenvalue weighted by atomic mass is 15.0. The Bertz CT molecular complexity index is 4350. The summed E-state index contributed by atoms with van der Waals surface area (Å²) in [6.07, 6.45) is 3.85. The Morgan fingerprint density at radius 3 is 1.20 bits per heavy atom. The molecule has 306 valence electrons. The van der Waals surface area contributed by atoms with E-state index in [1.165, 1.54) is 26.9 Å². The van der Waals surface area contributed by atoms with Gasteiger partial charge in [0.15, 0.2) is 0 Å². The monoisotopic (exact) mass is 840 g/mol. The van der Waals surface area contributed by atoms with Crippen molar-refractivity contribution in [2.45, 2.75) is 0 Å². The Morgan fingerprint density at radius 1 is 0.318 bits per heavy atom. The molecular formula is C60H36N6. The number of pyridine rings is 1. The number of nitriles is 1. The summed E-state index contributed by atoms with van der Waals surface area (Å²) in [5, 5.41) is 20.0. The van der Waals surface area contributed by atoms with Gasteiger partial charge < -0.3 is 18.3 Å². The van der Waals surface area contributed by atoms with Gasteiger partial charge in [-0.15, -0.1) is 0 Å². The highest BCUT2D eigenvalue weighted by Gasteiger charge is 2.24. The summed E-state index contributed by atoms with van der Waals surface area (Å²) in [4.78, 5) is 4.83. The van der Waals surface area contributed by atoms with Crippen LogP contribution in [0.1, 0.15) is 5.56 Å². The Kier molecular flexibility index (Phi) is 7.65. The molecule has 0 aliphatic heterocycles. The fraction of sp³-hybridized carbons (Fsp3) is 0. The highest BCUT2D eigenvalue weighted by Crippen LogP contribution is 2.45. The first-order chi connectivity index (χ1) is 32.7. The molecule has 0 fully saturated rings. The predicted octanol–water partition coefficient (Wildman–Crippen LogP) is 15.0. The van der Waals surface area contributed by atoms with Crippen LogP contribution < -0.4 is 0 Å². The van der Waals surface area contributed by atoms with Gasteiger partial charge in [-0.2, -0.15) is 5.26 Å². The Hall–Kier alpha value is -9.18. The van der Waals surface area contributed by atoms with Gasteiger partial charge in [0.1, 0.15) is 0 Å². The molecule has 0 amide bonds. The first-order valence-corrected chi connectivity index (χ1v) is 22.3. The molecule has 0 aliphatic carbocycles. The lowest BCUT2D eigenvalue weighted by Crippen LogP contribution is -2.03. The number of nitrogens with zero attached hydrogens (tertiary/aromatic N) is 6. The van der Waals surface area contributed by atoms with Crippen LogP contribution >= 0.6 is 0 Å². The average molecular weight is 841 g/mol. The molecule has 5 aromatic heterocycles. The van der Waals surface area contributed by atoms with Crippen molar-refractivity contribution in [3.63, 3.8) is 0 Å². The fourth-order valence-electron chi connectivity index (χ4n) is 10.9. The van der Waals surface area contributed by atoms with Crippen molar-refractivity contribution in [3.05, 3.63) is 224 Å². The third kappa shape index (κ3) is 5.08. The lowest BCUT2D eigenvalue weighted by Gasteiger charge is -2.18. The topological polar surface area (TPSA) is 56.4 Å². The summed E-state index contributed by atoms with van der Waals surface area (Å²) < 4.78 is 9.52. The predicted molar refractivity (Wildman–Crippen MR) is 272 cm³/mol. The Balaban J connectivity index is 1.08. The molecule has 14 rings (SSSR count). The number of benzene rings is 9. The van der Waals surface area contributed by atoms with E-state index in [0.717, 1.165) is 94.2 Å². The number of fused-ring (bicyclic) bond motifs is 12. The van der Waals surface area contributed by atoms with Crippen LogP contribution in [-0.4, -0.2) is 23.3 Å². The van der Waals surface area contributed by atoms with Gasteiger partial charge in [0.2, 0.25) is 0 Å². The fourth-order valence-corrected chi connectivity index (χ4v) is 10.9. The van der Waals surface area contributed by atoms with E-state index >= 15 is 0 Å². The van der Waals surface area contributed by atoms with Crippen LogP contribution in [0.3, 0.4) is 0 Å². The maximum atomic E-state index is 10.5. The van der Waals surface area contributed by atoms with E-state index in [1.807, 2.05) is 24.5 Å². The molecule has 0 saturated carbocycles. The van der Waals surface area contributed by atoms with Crippen molar-refractivity contribution in [3.8, 4) is 39.9 Å². The van der Waals surface area contributed by atoms with Crippen molar-refractivity contribution in [2.24, 2.45) is 0 Å². The lowest BCUT2D eigenvalue weighted by atomic mass is 10.00. The summed E-state index contributed by atoms with van der Waals surface area (Å²) >= 11 is 0. The Morgan fingerprint density at radius 2 is 0.727 bits per heavy atom. The van der Waals surface area contributed by atoms with Crippen LogP contribution in [0.5, 0.6) is 0 Å². The minimum absolute atomic E-state index is 0.584. The van der Waals surface area contributed by atoms with Crippen LogP contribution in [-0.2, 0) is 0 Å². The van der Waals surface area contributed by atoms with E-state index in [0.29, 0.717) is 5.56 Å². The second kappa shape index (κ2) is 13.9. The third-order valence-corrected chi connectivity index (χ3v) is 13.7. The van der Waals surface area contributed by atoms with E-state index in [4.69, 9.17) is 4.98 Å². The molecule has 66 heavy (non-hydrogen) atoms. The maximum Gasteiger partial charge on any atom is 0.0991 e. The second-order valence-corrected chi connectivity index (χ2v) is 17.1. The van der Waals surface area contributed by atoms with Crippen molar-refractivity contribution in [2.75, 3.05) is 0 Å². The summed E-state index contributed by atoms with van der Waals surface area (Å²) in [5.41, 5.74) is 15.5. The molecule has 6 heteroatoms. The molecular weight excluding hydrogens is 805 g/mol. The number of hydrogen-bond donors (Lipinski definition) is 0. The van der Waals surface area contributed by atoms with Gasteiger partial charge in [0, 0.05) is 71.8 Å². The van der Waals surface area contributed by atoms with Gasteiger partial charge in [0.05, 0.1) is 73.3 Å². The zero-order valence-corrected chi connectivity index (χ0v) is 35.5. The minimum Gasteiger partial charge on any atom is -0.309 e. The van der Waals surface area contributed by atoms with Gasteiger partial charge in [0.25, 0.3) is 0 Å². The maximum absolute atomic E-state index is 10.5. The molecule has 0 spiro atoms. The van der Waals surface area contributed by atoms with E-state index in [-0.39, 0.29) is 0 Å². The zero-order chi connectivity index (χ0) is 43.5. The minimum atomic E-state index is 0.584. The van der Waals surface area contributed by atoms with Gasteiger partial charge in [-0.25, -0.2) is 0 Å². The average Bonchev–Trinajstić information content (AvgIpc) is 4.09. The van der Waals surface area contributed by atoms with Crippen LogP contribution in [0, 0.1) is 11.3 Å².